The van der Waals surface area contributed by atoms with Gasteiger partial charge in [-0.2, -0.15) is 16.8 Å². The van der Waals surface area contributed by atoms with Crippen LogP contribution in [0.1, 0.15) is 0 Å². The van der Waals surface area contributed by atoms with E-state index in [-0.39, 0.29) is 57.5 Å². The monoisotopic (exact) mass is 347 g/mol. The molecule has 0 aromatic heterocycles. The molecule has 0 radical (unpaired) electrons. The smallest absolute Gasteiger partial charge is 0.726 e. The van der Waals surface area contributed by atoms with Crippen LogP contribution in [-0.2, 0) is 39.9 Å². The maximum Gasteiger partial charge on any atom is 1.00 e. The second kappa shape index (κ2) is 10.0. The first kappa shape index (κ1) is 26.7. The number of rotatable bonds is 3. The van der Waals surface area contributed by atoms with Crippen molar-refractivity contribution in [3.8, 4) is 0 Å². The first-order valence-corrected chi connectivity index (χ1v) is 6.31. The van der Waals surface area contributed by atoms with Crippen LogP contribution in [0.15, 0.2) is 0 Å². The summed E-state index contributed by atoms with van der Waals surface area (Å²) in [7, 11) is -15.0. The van der Waals surface area contributed by atoms with Crippen LogP contribution < -0.4 is 57.5 Å². The Kier molecular flexibility index (Phi) is 15.8. The molecule has 102 valence electrons. The van der Waals surface area contributed by atoms with Crippen LogP contribution in [0.3, 0.4) is 0 Å². The van der Waals surface area contributed by atoms with Crippen molar-refractivity contribution in [2.45, 2.75) is 0 Å². The fourth-order valence-corrected chi connectivity index (χ4v) is 0.632. The van der Waals surface area contributed by atoms with Crippen LogP contribution in [0.2, 0.25) is 0 Å². The van der Waals surface area contributed by atoms with Crippen LogP contribution in [0.25, 0.3) is 0 Å². The molecule has 0 heterocycles. The van der Waals surface area contributed by atoms with Crippen LogP contribution in [0.5, 0.6) is 0 Å². The molecule has 17 heteroatoms. The largest absolute Gasteiger partial charge is 1.00 e. The van der Waals surface area contributed by atoms with Crippen molar-refractivity contribution in [1.82, 2.24) is 6.15 Å². The molecule has 0 spiro atoms. The molecule has 0 aromatic rings. The quantitative estimate of drug-likeness (QED) is 0.123. The van der Waals surface area contributed by atoms with Gasteiger partial charge in [-0.05, 0) is 0 Å². The van der Waals surface area contributed by atoms with Gasteiger partial charge in [0.1, 0.15) is 0 Å². The zero-order chi connectivity index (χ0) is 12.9. The topological polar surface area (TPSA) is 240 Å². The Balaban J connectivity index is -0.000000105. The SMILES string of the molecule is N.O=S(=O)(O)OOS(=O)(=O)O.O=S(=O)([O-])O.[K+]. The molecule has 0 saturated carbocycles. The molecule has 17 heavy (non-hydrogen) atoms. The Morgan fingerprint density at radius 2 is 0.882 bits per heavy atom. The molecular weight excluding hydrogens is 341 g/mol. The molecule has 0 aliphatic carbocycles. The minimum absolute atomic E-state index is 0. The third-order valence-electron chi connectivity index (χ3n) is 0.200. The van der Waals surface area contributed by atoms with Gasteiger partial charge in [-0.25, -0.2) is 8.42 Å². The molecule has 0 saturated heterocycles. The van der Waals surface area contributed by atoms with Crippen molar-refractivity contribution in [2.24, 2.45) is 0 Å². The number of hydrogen-bond donors (Lipinski definition) is 4. The molecule has 0 atom stereocenters. The summed E-state index contributed by atoms with van der Waals surface area (Å²) < 4.78 is 91.7. The van der Waals surface area contributed by atoms with E-state index < -0.39 is 31.2 Å². The zero-order valence-electron chi connectivity index (χ0n) is 7.95. The standard InChI is InChI=1S/K.H3N.H2O8S2.H2O4S/c;;1-9(2,3)7-8-10(4,5)6;1-5(2,3)4/h;1H3;(H,1,2,3)(H,4,5,6);(H2,1,2,3,4)/q+1;;;/p-1. The van der Waals surface area contributed by atoms with Gasteiger partial charge in [0, 0.05) is 0 Å². The fourth-order valence-electron chi connectivity index (χ4n) is 0.0702. The number of hydrogen-bond acceptors (Lipinski definition) is 10. The minimum Gasteiger partial charge on any atom is -0.726 e. The Hall–Kier alpha value is 1.21. The predicted molar refractivity (Wildman–Crippen MR) is 42.6 cm³/mol. The van der Waals surface area contributed by atoms with E-state index in [2.05, 4.69) is 8.67 Å². The summed E-state index contributed by atoms with van der Waals surface area (Å²) in [5.41, 5.74) is 0. The second-order valence-electron chi connectivity index (χ2n) is 1.42. The van der Waals surface area contributed by atoms with E-state index in [0.717, 1.165) is 0 Å². The summed E-state index contributed by atoms with van der Waals surface area (Å²) in [6, 6.07) is 0. The van der Waals surface area contributed by atoms with E-state index in [4.69, 9.17) is 26.6 Å². The van der Waals surface area contributed by atoms with Crippen molar-refractivity contribution in [2.75, 3.05) is 0 Å². The minimum atomic E-state index is -5.02. The molecule has 0 aliphatic rings. The predicted octanol–water partition coefficient (Wildman–Crippen LogP) is -5.29. The van der Waals surface area contributed by atoms with Crippen molar-refractivity contribution < 1.29 is 104 Å². The van der Waals surface area contributed by atoms with E-state index in [1.165, 1.54) is 0 Å². The summed E-state index contributed by atoms with van der Waals surface area (Å²) in [6.07, 6.45) is 0. The summed E-state index contributed by atoms with van der Waals surface area (Å²) >= 11 is 0. The molecular formula is H6KNO12S3. The van der Waals surface area contributed by atoms with Crippen LogP contribution >= 0.6 is 0 Å². The van der Waals surface area contributed by atoms with Gasteiger partial charge in [-0.15, -0.1) is 0 Å². The summed E-state index contributed by atoms with van der Waals surface area (Å²) in [6.45, 7) is 0. The zero-order valence-corrected chi connectivity index (χ0v) is 13.5. The van der Waals surface area contributed by atoms with E-state index in [1.54, 1.807) is 0 Å². The first-order valence-electron chi connectivity index (χ1n) is 2.21. The average molecular weight is 347 g/mol. The molecule has 0 amide bonds. The third kappa shape index (κ3) is 59.1. The Labute approximate surface area is 139 Å². The van der Waals surface area contributed by atoms with E-state index in [9.17, 15) is 16.8 Å². The van der Waals surface area contributed by atoms with Gasteiger partial charge in [0.25, 0.3) is 0 Å². The normalized spacial score (nSPS) is 11.3. The average Bonchev–Trinajstić information content (AvgIpc) is 1.76. The molecule has 0 aromatic carbocycles. The molecule has 0 fully saturated rings. The third-order valence-corrected chi connectivity index (χ3v) is 0.766. The summed E-state index contributed by atoms with van der Waals surface area (Å²) in [5, 5.41) is 0. The Morgan fingerprint density at radius 3 is 0.941 bits per heavy atom. The van der Waals surface area contributed by atoms with Gasteiger partial charge >= 0.3 is 72.2 Å². The summed E-state index contributed by atoms with van der Waals surface area (Å²) in [5.74, 6) is 0. The van der Waals surface area contributed by atoms with E-state index >= 15 is 0 Å². The molecule has 0 bridgehead atoms. The van der Waals surface area contributed by atoms with Crippen molar-refractivity contribution >= 4 is 31.2 Å². The van der Waals surface area contributed by atoms with Crippen LogP contribution in [-0.4, -0.2) is 43.5 Å². The van der Waals surface area contributed by atoms with Gasteiger partial charge in [0.15, 0.2) is 0 Å². The Bertz CT molecular complexity index is 426. The van der Waals surface area contributed by atoms with Crippen molar-refractivity contribution in [3.63, 3.8) is 0 Å². The maximum atomic E-state index is 9.51. The van der Waals surface area contributed by atoms with Gasteiger partial charge in [-0.1, -0.05) is 8.67 Å². The van der Waals surface area contributed by atoms with Crippen LogP contribution in [0.4, 0.5) is 0 Å². The van der Waals surface area contributed by atoms with Crippen molar-refractivity contribution in [1.29, 1.82) is 0 Å². The summed E-state index contributed by atoms with van der Waals surface area (Å²) in [4.78, 5) is 0. The van der Waals surface area contributed by atoms with Gasteiger partial charge in [0.05, 0.1) is 0 Å². The molecule has 13 nitrogen and oxygen atoms in total. The van der Waals surface area contributed by atoms with Gasteiger partial charge in [-0.3, -0.25) is 13.7 Å². The van der Waals surface area contributed by atoms with E-state index in [0.29, 0.717) is 0 Å². The fraction of sp³-hybridized carbons (Fsp3) is 0. The molecule has 0 aliphatic heterocycles. The molecule has 6 N–H and O–H groups in total. The van der Waals surface area contributed by atoms with Gasteiger partial charge < -0.3 is 10.7 Å². The first-order chi connectivity index (χ1) is 6.21. The van der Waals surface area contributed by atoms with Crippen molar-refractivity contribution in [3.05, 3.63) is 0 Å². The maximum absolute atomic E-state index is 9.51. The van der Waals surface area contributed by atoms with Gasteiger partial charge in [0.2, 0.25) is 10.4 Å². The second-order valence-corrected chi connectivity index (χ2v) is 4.26. The van der Waals surface area contributed by atoms with Crippen LogP contribution in [0, 0.1) is 0 Å². The molecule has 0 unspecified atom stereocenters. The van der Waals surface area contributed by atoms with E-state index in [1.807, 2.05) is 0 Å². The molecule has 0 rings (SSSR count). The Morgan fingerprint density at radius 1 is 0.765 bits per heavy atom.